The van der Waals surface area contributed by atoms with E-state index >= 15 is 0 Å². The lowest BCUT2D eigenvalue weighted by Gasteiger charge is -2.14. The molecule has 0 bridgehead atoms. The van der Waals surface area contributed by atoms with E-state index in [9.17, 15) is 4.79 Å². The molecule has 0 aliphatic carbocycles. The fourth-order valence-electron chi connectivity index (χ4n) is 1.84. The Morgan fingerprint density at radius 1 is 1.24 bits per heavy atom. The number of benzene rings is 2. The minimum atomic E-state index is 0.369. The molecule has 5 heteroatoms. The highest BCUT2D eigenvalue weighted by Crippen LogP contribution is 2.36. The average molecular weight is 417 g/mol. The van der Waals surface area contributed by atoms with Gasteiger partial charge in [-0.15, -0.1) is 0 Å². The smallest absolute Gasteiger partial charge is 0.180 e. The van der Waals surface area contributed by atoms with Crippen LogP contribution in [0.4, 0.5) is 0 Å². The molecule has 2 aromatic carbocycles. The van der Waals surface area contributed by atoms with Crippen molar-refractivity contribution in [2.75, 3.05) is 6.61 Å². The van der Waals surface area contributed by atoms with E-state index in [2.05, 4.69) is 22.6 Å². The van der Waals surface area contributed by atoms with Gasteiger partial charge in [0, 0.05) is 9.13 Å². The lowest BCUT2D eigenvalue weighted by molar-refractivity contribution is 0.112. The molecular formula is C16H14ClIO3. The van der Waals surface area contributed by atoms with Crippen molar-refractivity contribution in [3.8, 4) is 11.5 Å². The Kier molecular flexibility index (Phi) is 5.87. The summed E-state index contributed by atoms with van der Waals surface area (Å²) in [6, 6.07) is 11.2. The third-order valence-corrected chi connectivity index (χ3v) is 3.69. The molecule has 2 rings (SSSR count). The zero-order valence-electron chi connectivity index (χ0n) is 11.4. The summed E-state index contributed by atoms with van der Waals surface area (Å²) in [6.07, 6.45) is 0.734. The lowest BCUT2D eigenvalue weighted by Crippen LogP contribution is -2.01. The SMILES string of the molecule is CCOc1cc(C=O)cc(Cl)c1OCc1cccc(I)c1. The van der Waals surface area contributed by atoms with E-state index in [0.29, 0.717) is 35.3 Å². The van der Waals surface area contributed by atoms with Crippen molar-refractivity contribution in [2.24, 2.45) is 0 Å². The van der Waals surface area contributed by atoms with Crippen molar-refractivity contribution in [2.45, 2.75) is 13.5 Å². The largest absolute Gasteiger partial charge is 0.490 e. The number of carbonyl (C=O) groups excluding carboxylic acids is 1. The molecule has 0 unspecified atom stereocenters. The summed E-state index contributed by atoms with van der Waals surface area (Å²) in [5, 5.41) is 0.369. The molecule has 0 aliphatic heterocycles. The van der Waals surface area contributed by atoms with E-state index in [1.807, 2.05) is 31.2 Å². The van der Waals surface area contributed by atoms with E-state index in [1.54, 1.807) is 12.1 Å². The second-order valence-electron chi connectivity index (χ2n) is 4.30. The summed E-state index contributed by atoms with van der Waals surface area (Å²) < 4.78 is 12.4. The van der Waals surface area contributed by atoms with Crippen LogP contribution in [0.5, 0.6) is 11.5 Å². The first-order valence-electron chi connectivity index (χ1n) is 6.42. The van der Waals surface area contributed by atoms with E-state index in [-0.39, 0.29) is 0 Å². The van der Waals surface area contributed by atoms with Crippen molar-refractivity contribution in [3.63, 3.8) is 0 Å². The molecule has 110 valence electrons. The molecule has 0 saturated heterocycles. The Balaban J connectivity index is 2.24. The van der Waals surface area contributed by atoms with E-state index < -0.39 is 0 Å². The van der Waals surface area contributed by atoms with Crippen LogP contribution in [0.2, 0.25) is 5.02 Å². The number of hydrogen-bond acceptors (Lipinski definition) is 3. The van der Waals surface area contributed by atoms with Crippen LogP contribution in [0.25, 0.3) is 0 Å². The van der Waals surface area contributed by atoms with Gasteiger partial charge in [0.05, 0.1) is 11.6 Å². The van der Waals surface area contributed by atoms with Crippen molar-refractivity contribution in [3.05, 3.63) is 56.1 Å². The first-order valence-corrected chi connectivity index (χ1v) is 7.88. The van der Waals surface area contributed by atoms with Crippen molar-refractivity contribution >= 4 is 40.5 Å². The van der Waals surface area contributed by atoms with Crippen LogP contribution in [0.1, 0.15) is 22.8 Å². The molecule has 0 heterocycles. The minimum absolute atomic E-state index is 0.369. The van der Waals surface area contributed by atoms with Crippen molar-refractivity contribution in [1.29, 1.82) is 0 Å². The first kappa shape index (κ1) is 16.1. The van der Waals surface area contributed by atoms with Gasteiger partial charge in [-0.1, -0.05) is 23.7 Å². The van der Waals surface area contributed by atoms with E-state index in [1.165, 1.54) is 0 Å². The zero-order chi connectivity index (χ0) is 15.2. The highest BCUT2D eigenvalue weighted by Gasteiger charge is 2.12. The van der Waals surface area contributed by atoms with Crippen LogP contribution < -0.4 is 9.47 Å². The van der Waals surface area contributed by atoms with Gasteiger partial charge in [-0.3, -0.25) is 4.79 Å². The van der Waals surface area contributed by atoms with Crippen LogP contribution in [0, 0.1) is 3.57 Å². The molecule has 3 nitrogen and oxygen atoms in total. The summed E-state index contributed by atoms with van der Waals surface area (Å²) in [5.74, 6) is 0.945. The number of halogens is 2. The summed E-state index contributed by atoms with van der Waals surface area (Å²) in [4.78, 5) is 10.9. The minimum Gasteiger partial charge on any atom is -0.490 e. The summed E-state index contributed by atoms with van der Waals surface area (Å²) in [6.45, 7) is 2.72. The number of rotatable bonds is 6. The summed E-state index contributed by atoms with van der Waals surface area (Å²) in [7, 11) is 0. The van der Waals surface area contributed by atoms with Gasteiger partial charge >= 0.3 is 0 Å². The van der Waals surface area contributed by atoms with Crippen molar-refractivity contribution in [1.82, 2.24) is 0 Å². The van der Waals surface area contributed by atoms with E-state index in [4.69, 9.17) is 21.1 Å². The van der Waals surface area contributed by atoms with Crippen LogP contribution in [0.15, 0.2) is 36.4 Å². The monoisotopic (exact) mass is 416 g/mol. The quantitative estimate of drug-likeness (QED) is 0.504. The van der Waals surface area contributed by atoms with Gasteiger partial charge < -0.3 is 9.47 Å². The highest BCUT2D eigenvalue weighted by molar-refractivity contribution is 14.1. The third kappa shape index (κ3) is 4.35. The predicted molar refractivity (Wildman–Crippen MR) is 91.5 cm³/mol. The molecule has 21 heavy (non-hydrogen) atoms. The van der Waals surface area contributed by atoms with Gasteiger partial charge in [0.25, 0.3) is 0 Å². The number of carbonyl (C=O) groups is 1. The zero-order valence-corrected chi connectivity index (χ0v) is 14.3. The maximum absolute atomic E-state index is 10.9. The number of hydrogen-bond donors (Lipinski definition) is 0. The number of aldehydes is 1. The topological polar surface area (TPSA) is 35.5 Å². The third-order valence-electron chi connectivity index (χ3n) is 2.74. The van der Waals surface area contributed by atoms with Gasteiger partial charge in [0.15, 0.2) is 11.5 Å². The Morgan fingerprint density at radius 3 is 2.71 bits per heavy atom. The molecular weight excluding hydrogens is 403 g/mol. The van der Waals surface area contributed by atoms with Gasteiger partial charge in [-0.25, -0.2) is 0 Å². The molecule has 0 saturated carbocycles. The highest BCUT2D eigenvalue weighted by atomic mass is 127. The maximum Gasteiger partial charge on any atom is 0.180 e. The summed E-state index contributed by atoms with van der Waals surface area (Å²) >= 11 is 8.43. The van der Waals surface area contributed by atoms with Gasteiger partial charge in [0.2, 0.25) is 0 Å². The Labute approximate surface area is 142 Å². The fourth-order valence-corrected chi connectivity index (χ4v) is 2.72. The molecule has 0 atom stereocenters. The predicted octanol–water partition coefficient (Wildman–Crippen LogP) is 4.73. The van der Waals surface area contributed by atoms with Crippen LogP contribution in [-0.2, 0) is 6.61 Å². The second-order valence-corrected chi connectivity index (χ2v) is 5.95. The Hall–Kier alpha value is -1.27. The molecule has 0 aromatic heterocycles. The van der Waals surface area contributed by atoms with Gasteiger partial charge in [0.1, 0.15) is 12.9 Å². The fraction of sp³-hybridized carbons (Fsp3) is 0.188. The molecule has 0 N–H and O–H groups in total. The standard InChI is InChI=1S/C16H14ClIO3/c1-2-20-15-8-12(9-19)7-14(17)16(15)21-10-11-4-3-5-13(18)6-11/h3-9H,2,10H2,1H3. The molecule has 0 aliphatic rings. The van der Waals surface area contributed by atoms with Gasteiger partial charge in [-0.2, -0.15) is 0 Å². The maximum atomic E-state index is 10.9. The Morgan fingerprint density at radius 2 is 2.05 bits per heavy atom. The van der Waals surface area contributed by atoms with Crippen LogP contribution in [-0.4, -0.2) is 12.9 Å². The second kappa shape index (κ2) is 7.66. The average Bonchev–Trinajstić information content (AvgIpc) is 2.46. The normalized spacial score (nSPS) is 10.2. The molecule has 0 radical (unpaired) electrons. The van der Waals surface area contributed by atoms with E-state index in [0.717, 1.165) is 15.4 Å². The van der Waals surface area contributed by atoms with Crippen LogP contribution in [0.3, 0.4) is 0 Å². The summed E-state index contributed by atoms with van der Waals surface area (Å²) in [5.41, 5.74) is 1.50. The number of ether oxygens (including phenoxy) is 2. The van der Waals surface area contributed by atoms with Crippen molar-refractivity contribution < 1.29 is 14.3 Å². The molecule has 2 aromatic rings. The molecule has 0 amide bonds. The molecule has 0 fully saturated rings. The van der Waals surface area contributed by atoms with Crippen LogP contribution >= 0.6 is 34.2 Å². The van der Waals surface area contributed by atoms with Gasteiger partial charge in [-0.05, 0) is 59.3 Å². The lowest BCUT2D eigenvalue weighted by atomic mass is 10.2. The Bertz CT molecular complexity index is 643. The first-order chi connectivity index (χ1) is 10.1. The molecule has 0 spiro atoms.